The molecule has 1 aliphatic rings. The number of esters is 1. The Balaban J connectivity index is 1.70. The monoisotopic (exact) mass is 447 g/mol. The molecule has 1 fully saturated rings. The highest BCUT2D eigenvalue weighted by Crippen LogP contribution is 2.41. The molecule has 3 aromatic rings. The molecule has 0 atom stereocenters. The Morgan fingerprint density at radius 3 is 2.61 bits per heavy atom. The smallest absolute Gasteiger partial charge is 0.318 e. The minimum Gasteiger partial charge on any atom is -0.465 e. The molecule has 1 aromatic carbocycles. The largest absolute Gasteiger partial charge is 0.465 e. The Labute approximate surface area is 195 Å². The molecule has 174 valence electrons. The topological polar surface area (TPSA) is 74.1 Å². The summed E-state index contributed by atoms with van der Waals surface area (Å²) in [5, 5.41) is 0.676. The SMILES string of the molecule is CCCCc1nc2cccc(C)c2c(=O)n1Cc1ccc(C2(C(=O)OCC)CCCC2)nc1. The molecule has 0 saturated heterocycles. The van der Waals surface area contributed by atoms with Gasteiger partial charge in [-0.3, -0.25) is 19.1 Å². The van der Waals surface area contributed by atoms with E-state index in [9.17, 15) is 9.59 Å². The van der Waals surface area contributed by atoms with E-state index < -0.39 is 5.41 Å². The molecule has 4 rings (SSSR count). The highest BCUT2D eigenvalue weighted by molar-refractivity contribution is 5.83. The Morgan fingerprint density at radius 2 is 1.94 bits per heavy atom. The van der Waals surface area contributed by atoms with Crippen LogP contribution >= 0.6 is 0 Å². The number of ether oxygens (including phenoxy) is 1. The van der Waals surface area contributed by atoms with Gasteiger partial charge in [-0.2, -0.15) is 0 Å². The maximum absolute atomic E-state index is 13.5. The van der Waals surface area contributed by atoms with E-state index in [2.05, 4.69) is 6.92 Å². The van der Waals surface area contributed by atoms with Crippen molar-refractivity contribution in [3.63, 3.8) is 0 Å². The van der Waals surface area contributed by atoms with Crippen LogP contribution in [0.4, 0.5) is 0 Å². The zero-order chi connectivity index (χ0) is 23.4. The molecule has 0 spiro atoms. The predicted octanol–water partition coefficient (Wildman–Crippen LogP) is 4.87. The van der Waals surface area contributed by atoms with Crippen molar-refractivity contribution in [2.24, 2.45) is 0 Å². The number of pyridine rings is 1. The fraction of sp³-hybridized carbons (Fsp3) is 0.481. The fourth-order valence-corrected chi connectivity index (χ4v) is 4.96. The van der Waals surface area contributed by atoms with Gasteiger partial charge in [0, 0.05) is 12.6 Å². The second kappa shape index (κ2) is 9.86. The van der Waals surface area contributed by atoms with Crippen molar-refractivity contribution >= 4 is 16.9 Å². The van der Waals surface area contributed by atoms with E-state index >= 15 is 0 Å². The van der Waals surface area contributed by atoms with Crippen LogP contribution in [0.1, 0.15) is 75.0 Å². The quantitative estimate of drug-likeness (QED) is 0.461. The van der Waals surface area contributed by atoms with Gasteiger partial charge in [-0.1, -0.05) is 44.4 Å². The molecular formula is C27H33N3O3. The van der Waals surface area contributed by atoms with Crippen molar-refractivity contribution in [1.29, 1.82) is 0 Å². The molecule has 0 N–H and O–H groups in total. The summed E-state index contributed by atoms with van der Waals surface area (Å²) in [4.78, 5) is 35.8. The van der Waals surface area contributed by atoms with Crippen molar-refractivity contribution in [1.82, 2.24) is 14.5 Å². The summed E-state index contributed by atoms with van der Waals surface area (Å²) in [6.45, 7) is 6.71. The highest BCUT2D eigenvalue weighted by atomic mass is 16.5. The number of rotatable bonds is 8. The third kappa shape index (κ3) is 4.43. The van der Waals surface area contributed by atoms with Crippen molar-refractivity contribution in [2.75, 3.05) is 6.61 Å². The molecule has 2 heterocycles. The summed E-state index contributed by atoms with van der Waals surface area (Å²) in [5.41, 5.74) is 2.74. The molecule has 0 radical (unpaired) electrons. The number of hydrogen-bond donors (Lipinski definition) is 0. The number of aryl methyl sites for hydroxylation is 2. The summed E-state index contributed by atoms with van der Waals surface area (Å²) in [6.07, 6.45) is 8.11. The van der Waals surface area contributed by atoms with Crippen LogP contribution in [0.15, 0.2) is 41.3 Å². The van der Waals surface area contributed by atoms with Crippen molar-refractivity contribution in [2.45, 2.75) is 77.7 Å². The summed E-state index contributed by atoms with van der Waals surface area (Å²) in [5.74, 6) is 0.637. The lowest BCUT2D eigenvalue weighted by Gasteiger charge is -2.26. The van der Waals surface area contributed by atoms with Crippen LogP contribution in [0.3, 0.4) is 0 Å². The number of carbonyl (C=O) groups excluding carboxylic acids is 1. The lowest BCUT2D eigenvalue weighted by atomic mass is 9.82. The van der Waals surface area contributed by atoms with E-state index in [1.54, 1.807) is 10.8 Å². The van der Waals surface area contributed by atoms with Gasteiger partial charge in [-0.05, 0) is 56.4 Å². The maximum atomic E-state index is 13.5. The normalized spacial score (nSPS) is 15.1. The maximum Gasteiger partial charge on any atom is 0.318 e. The number of hydrogen-bond acceptors (Lipinski definition) is 5. The molecule has 0 aliphatic heterocycles. The number of aromatic nitrogens is 3. The molecule has 1 aliphatic carbocycles. The molecule has 0 amide bonds. The van der Waals surface area contributed by atoms with Gasteiger partial charge in [0.25, 0.3) is 5.56 Å². The van der Waals surface area contributed by atoms with E-state index in [0.29, 0.717) is 18.5 Å². The first-order valence-electron chi connectivity index (χ1n) is 12.1. The zero-order valence-electron chi connectivity index (χ0n) is 19.9. The molecule has 1 saturated carbocycles. The molecule has 2 aromatic heterocycles. The number of fused-ring (bicyclic) bond motifs is 1. The van der Waals surface area contributed by atoms with Gasteiger partial charge in [0.15, 0.2) is 0 Å². The standard InChI is InChI=1S/C27H33N3O3/c1-4-6-12-23-29-21-11-9-10-19(3)24(21)25(31)30(23)18-20-13-14-22(28-17-20)27(15-7-8-16-27)26(32)33-5-2/h9-11,13-14,17H,4-8,12,15-16,18H2,1-3H3. The Bertz CT molecular complexity index is 1190. The number of nitrogens with zero attached hydrogens (tertiary/aromatic N) is 3. The van der Waals surface area contributed by atoms with Crippen LogP contribution in [-0.2, 0) is 27.9 Å². The minimum atomic E-state index is -0.640. The Hall–Kier alpha value is -3.02. The van der Waals surface area contributed by atoms with Gasteiger partial charge in [-0.25, -0.2) is 4.98 Å². The third-order valence-electron chi connectivity index (χ3n) is 6.80. The molecular weight excluding hydrogens is 414 g/mol. The first kappa shape index (κ1) is 23.1. The zero-order valence-corrected chi connectivity index (χ0v) is 19.9. The first-order valence-corrected chi connectivity index (χ1v) is 12.1. The molecule has 6 nitrogen and oxygen atoms in total. The van der Waals surface area contributed by atoms with Gasteiger partial charge >= 0.3 is 5.97 Å². The second-order valence-corrected chi connectivity index (χ2v) is 9.05. The van der Waals surface area contributed by atoms with E-state index in [0.717, 1.165) is 73.1 Å². The average Bonchev–Trinajstić information content (AvgIpc) is 3.32. The van der Waals surface area contributed by atoms with Crippen LogP contribution in [0.5, 0.6) is 0 Å². The van der Waals surface area contributed by atoms with E-state index in [1.807, 2.05) is 44.2 Å². The van der Waals surface area contributed by atoms with E-state index in [-0.39, 0.29) is 11.5 Å². The van der Waals surface area contributed by atoms with E-state index in [1.165, 1.54) is 0 Å². The Kier molecular flexibility index (Phi) is 6.91. The van der Waals surface area contributed by atoms with Crippen LogP contribution in [0, 0.1) is 6.92 Å². The summed E-state index contributed by atoms with van der Waals surface area (Å²) < 4.78 is 7.19. The van der Waals surface area contributed by atoms with Crippen LogP contribution in [-0.4, -0.2) is 27.1 Å². The minimum absolute atomic E-state index is 0.00735. The molecule has 6 heteroatoms. The van der Waals surface area contributed by atoms with Crippen molar-refractivity contribution < 1.29 is 9.53 Å². The van der Waals surface area contributed by atoms with Gasteiger partial charge in [0.2, 0.25) is 0 Å². The lowest BCUT2D eigenvalue weighted by molar-refractivity contribution is -0.150. The van der Waals surface area contributed by atoms with Crippen molar-refractivity contribution in [3.8, 4) is 0 Å². The third-order valence-corrected chi connectivity index (χ3v) is 6.80. The highest BCUT2D eigenvalue weighted by Gasteiger charge is 2.45. The lowest BCUT2D eigenvalue weighted by Crippen LogP contribution is -2.35. The predicted molar refractivity (Wildman–Crippen MR) is 129 cm³/mol. The number of unbranched alkanes of at least 4 members (excludes halogenated alkanes) is 1. The van der Waals surface area contributed by atoms with Crippen molar-refractivity contribution in [3.05, 3.63) is 69.5 Å². The van der Waals surface area contributed by atoms with Crippen LogP contribution < -0.4 is 5.56 Å². The molecule has 0 unspecified atom stereocenters. The molecule has 33 heavy (non-hydrogen) atoms. The summed E-state index contributed by atoms with van der Waals surface area (Å²) in [6, 6.07) is 9.74. The van der Waals surface area contributed by atoms with E-state index in [4.69, 9.17) is 14.7 Å². The molecule has 0 bridgehead atoms. The Morgan fingerprint density at radius 1 is 1.15 bits per heavy atom. The van der Waals surface area contributed by atoms with Gasteiger partial charge < -0.3 is 4.74 Å². The van der Waals surface area contributed by atoms with Gasteiger partial charge in [-0.15, -0.1) is 0 Å². The fourth-order valence-electron chi connectivity index (χ4n) is 4.96. The number of benzene rings is 1. The average molecular weight is 448 g/mol. The number of carbonyl (C=O) groups is 1. The summed E-state index contributed by atoms with van der Waals surface area (Å²) in [7, 11) is 0. The first-order chi connectivity index (χ1) is 16.0. The summed E-state index contributed by atoms with van der Waals surface area (Å²) >= 11 is 0. The van der Waals surface area contributed by atoms with Gasteiger partial charge in [0.1, 0.15) is 11.2 Å². The van der Waals surface area contributed by atoms with Gasteiger partial charge in [0.05, 0.1) is 29.7 Å². The second-order valence-electron chi connectivity index (χ2n) is 9.05. The van der Waals surface area contributed by atoms with Crippen LogP contribution in [0.2, 0.25) is 0 Å². The van der Waals surface area contributed by atoms with Crippen LogP contribution in [0.25, 0.3) is 10.9 Å².